The lowest BCUT2D eigenvalue weighted by Crippen LogP contribution is -2.69. The molecule has 4 rings (SSSR count). The molecular weight excluding hydrogens is 427 g/mol. The Kier molecular flexibility index (Phi) is 5.97. The summed E-state index contributed by atoms with van der Waals surface area (Å²) in [5.74, 6) is -2.14. The van der Waals surface area contributed by atoms with Crippen molar-refractivity contribution in [1.82, 2.24) is 0 Å². The lowest BCUT2D eigenvalue weighted by Gasteiger charge is -2.62. The number of halogens is 1. The van der Waals surface area contributed by atoms with Crippen molar-refractivity contribution < 1.29 is 33.7 Å². The van der Waals surface area contributed by atoms with Crippen LogP contribution >= 0.6 is 0 Å². The van der Waals surface area contributed by atoms with Crippen molar-refractivity contribution in [1.29, 1.82) is 0 Å². The Morgan fingerprint density at radius 2 is 1.97 bits per heavy atom. The second-order valence-electron chi connectivity index (χ2n) is 10.8. The van der Waals surface area contributed by atoms with Crippen molar-refractivity contribution in [3.05, 3.63) is 23.8 Å². The number of carbonyl (C=O) groups excluding carboxylic acids is 3. The minimum absolute atomic E-state index is 0.0673. The van der Waals surface area contributed by atoms with E-state index >= 15 is 4.39 Å². The molecule has 6 nitrogen and oxygen atoms in total. The lowest BCUT2D eigenvalue weighted by atomic mass is 9.44. The SMILES string of the molecule is CCCCC(=O)O[C@]1(C(=O)CO)CC[C@H]2[C@@H]3CCC4=CC(=O)C=C[C@]4(C)[C@@]3(F)[C@@H](O)C[C@@]21C. The van der Waals surface area contributed by atoms with Crippen molar-refractivity contribution in [2.24, 2.45) is 22.7 Å². The van der Waals surface area contributed by atoms with Gasteiger partial charge in [-0.15, -0.1) is 0 Å². The number of fused-ring (bicyclic) bond motifs is 5. The highest BCUT2D eigenvalue weighted by Gasteiger charge is 2.75. The van der Waals surface area contributed by atoms with Crippen molar-refractivity contribution in [3.63, 3.8) is 0 Å². The fourth-order valence-electron chi connectivity index (χ4n) is 7.58. The molecule has 0 amide bonds. The number of esters is 1. The molecule has 4 aliphatic carbocycles. The Morgan fingerprint density at radius 1 is 1.24 bits per heavy atom. The number of Topliss-reactive ketones (excluding diaryl/α,β-unsaturated/α-hetero) is 1. The molecule has 0 aromatic rings. The molecule has 0 radical (unpaired) electrons. The molecule has 0 bridgehead atoms. The van der Waals surface area contributed by atoms with Gasteiger partial charge in [-0.1, -0.05) is 31.9 Å². The minimum Gasteiger partial charge on any atom is -0.450 e. The average molecular weight is 463 g/mol. The molecule has 0 spiro atoms. The average Bonchev–Trinajstić information content (AvgIpc) is 3.05. The van der Waals surface area contributed by atoms with Gasteiger partial charge in [0.05, 0.1) is 6.10 Å². The number of alkyl halides is 1. The molecule has 4 aliphatic rings. The molecule has 2 N–H and O–H groups in total. The first kappa shape index (κ1) is 24.3. The number of aliphatic hydroxyl groups excluding tert-OH is 2. The summed E-state index contributed by atoms with van der Waals surface area (Å²) in [7, 11) is 0. The van der Waals surface area contributed by atoms with E-state index in [0.717, 1.165) is 6.42 Å². The standard InChI is InChI=1S/C26H35FO6/c1-4-5-6-22(32)33-25(21(31)15-28)12-10-18-19-8-7-16-13-17(29)9-11-23(16,2)26(19,27)20(30)14-24(18,25)3/h9,11,13,18-20,28,30H,4-8,10,12,14-15H2,1-3H3/t18-,19-,20-,23-,24-,25-,26-/m0/s1. The normalized spacial score (nSPS) is 43.9. The predicted molar refractivity (Wildman–Crippen MR) is 119 cm³/mol. The van der Waals surface area contributed by atoms with Crippen LogP contribution in [0, 0.1) is 22.7 Å². The first-order valence-electron chi connectivity index (χ1n) is 12.2. The Bertz CT molecular complexity index is 926. The van der Waals surface area contributed by atoms with Crippen LogP contribution in [0.3, 0.4) is 0 Å². The van der Waals surface area contributed by atoms with Crippen molar-refractivity contribution in [3.8, 4) is 0 Å². The third kappa shape index (κ3) is 3.14. The third-order valence-electron chi connectivity index (χ3n) is 9.38. The second-order valence-corrected chi connectivity index (χ2v) is 10.8. The monoisotopic (exact) mass is 462 g/mol. The van der Waals surface area contributed by atoms with Gasteiger partial charge in [-0.3, -0.25) is 14.4 Å². The van der Waals surface area contributed by atoms with Gasteiger partial charge in [-0.2, -0.15) is 0 Å². The largest absolute Gasteiger partial charge is 0.450 e. The van der Waals surface area contributed by atoms with Crippen LogP contribution in [0.15, 0.2) is 23.8 Å². The van der Waals surface area contributed by atoms with E-state index in [1.807, 2.05) is 13.8 Å². The van der Waals surface area contributed by atoms with Crippen molar-refractivity contribution >= 4 is 17.5 Å². The maximum absolute atomic E-state index is 17.1. The Balaban J connectivity index is 1.75. The van der Waals surface area contributed by atoms with Crippen LogP contribution in [0.5, 0.6) is 0 Å². The Hall–Kier alpha value is -1.86. The number of hydrogen-bond donors (Lipinski definition) is 2. The van der Waals surface area contributed by atoms with Gasteiger partial charge >= 0.3 is 5.97 Å². The lowest BCUT2D eigenvalue weighted by molar-refractivity contribution is -0.225. The zero-order valence-electron chi connectivity index (χ0n) is 19.7. The number of aliphatic hydroxyl groups is 2. The summed E-state index contributed by atoms with van der Waals surface area (Å²) >= 11 is 0. The summed E-state index contributed by atoms with van der Waals surface area (Å²) in [6.45, 7) is 4.72. The fraction of sp³-hybridized carbons (Fsp3) is 0.731. The molecule has 0 aromatic heterocycles. The van der Waals surface area contributed by atoms with Gasteiger partial charge in [0.1, 0.15) is 6.61 Å². The highest BCUT2D eigenvalue weighted by atomic mass is 19.1. The van der Waals surface area contributed by atoms with E-state index in [4.69, 9.17) is 4.74 Å². The number of allylic oxidation sites excluding steroid dienone is 4. The van der Waals surface area contributed by atoms with Gasteiger partial charge in [0.2, 0.25) is 5.78 Å². The van der Waals surface area contributed by atoms with E-state index in [1.54, 1.807) is 13.0 Å². The van der Waals surface area contributed by atoms with Crippen LogP contribution in [-0.4, -0.2) is 51.7 Å². The smallest absolute Gasteiger partial charge is 0.306 e. The number of unbranched alkanes of at least 4 members (excludes halogenated alkanes) is 1. The van der Waals surface area contributed by atoms with E-state index in [9.17, 15) is 24.6 Å². The fourth-order valence-corrected chi connectivity index (χ4v) is 7.58. The minimum atomic E-state index is -2.01. The summed E-state index contributed by atoms with van der Waals surface area (Å²) < 4.78 is 23.0. The molecule has 3 fully saturated rings. The van der Waals surface area contributed by atoms with Crippen LogP contribution in [0.4, 0.5) is 4.39 Å². The predicted octanol–water partition coefficient (Wildman–Crippen LogP) is 3.39. The van der Waals surface area contributed by atoms with Gasteiger partial charge < -0.3 is 14.9 Å². The molecule has 182 valence electrons. The van der Waals surface area contributed by atoms with Gasteiger partial charge in [0.15, 0.2) is 17.1 Å². The van der Waals surface area contributed by atoms with Crippen LogP contribution in [0.25, 0.3) is 0 Å². The Labute approximate surface area is 194 Å². The van der Waals surface area contributed by atoms with Gasteiger partial charge in [0, 0.05) is 23.2 Å². The first-order valence-corrected chi connectivity index (χ1v) is 12.2. The quantitative estimate of drug-likeness (QED) is 0.587. The molecular formula is C26H35FO6. The molecule has 0 unspecified atom stereocenters. The van der Waals surface area contributed by atoms with Gasteiger partial charge in [-0.05, 0) is 63.5 Å². The maximum Gasteiger partial charge on any atom is 0.306 e. The van der Waals surface area contributed by atoms with E-state index in [2.05, 4.69) is 0 Å². The summed E-state index contributed by atoms with van der Waals surface area (Å²) in [5, 5.41) is 21.2. The molecule has 0 aliphatic heterocycles. The topological polar surface area (TPSA) is 101 Å². The summed E-state index contributed by atoms with van der Waals surface area (Å²) in [4.78, 5) is 37.7. The van der Waals surface area contributed by atoms with Gasteiger partial charge in [-0.25, -0.2) is 4.39 Å². The van der Waals surface area contributed by atoms with E-state index < -0.39 is 52.5 Å². The van der Waals surface area contributed by atoms with Crippen molar-refractivity contribution in [2.45, 2.75) is 89.5 Å². The molecule has 0 saturated heterocycles. The maximum atomic E-state index is 17.1. The number of carbonyl (C=O) groups is 3. The van der Waals surface area contributed by atoms with E-state index in [1.165, 1.54) is 12.2 Å². The van der Waals surface area contributed by atoms with Crippen molar-refractivity contribution in [2.75, 3.05) is 6.61 Å². The summed E-state index contributed by atoms with van der Waals surface area (Å²) in [5.41, 5.74) is -5.01. The number of ether oxygens (including phenoxy) is 1. The van der Waals surface area contributed by atoms with E-state index in [0.29, 0.717) is 31.3 Å². The zero-order valence-corrected chi connectivity index (χ0v) is 19.7. The van der Waals surface area contributed by atoms with Crippen LogP contribution in [-0.2, 0) is 19.1 Å². The number of rotatable bonds is 6. The second kappa shape index (κ2) is 8.12. The molecule has 3 saturated carbocycles. The molecule has 0 aromatic carbocycles. The molecule has 7 heteroatoms. The number of hydrogen-bond acceptors (Lipinski definition) is 6. The number of ketones is 2. The summed E-state index contributed by atoms with van der Waals surface area (Å²) in [6, 6.07) is 0. The highest BCUT2D eigenvalue weighted by Crippen LogP contribution is 2.70. The third-order valence-corrected chi connectivity index (χ3v) is 9.38. The summed E-state index contributed by atoms with van der Waals surface area (Å²) in [6.07, 6.45) is 6.18. The molecule has 7 atom stereocenters. The first-order chi connectivity index (χ1) is 15.5. The van der Waals surface area contributed by atoms with Crippen LogP contribution < -0.4 is 0 Å². The Morgan fingerprint density at radius 3 is 2.64 bits per heavy atom. The van der Waals surface area contributed by atoms with Gasteiger partial charge in [0.25, 0.3) is 0 Å². The van der Waals surface area contributed by atoms with Crippen LogP contribution in [0.1, 0.15) is 72.1 Å². The van der Waals surface area contributed by atoms with Crippen LogP contribution in [0.2, 0.25) is 0 Å². The van der Waals surface area contributed by atoms with E-state index in [-0.39, 0.29) is 31.0 Å². The highest BCUT2D eigenvalue weighted by molar-refractivity contribution is 6.01. The molecule has 0 heterocycles. The molecule has 33 heavy (non-hydrogen) atoms. The zero-order chi connectivity index (χ0) is 24.2.